The molecule has 0 heterocycles. The van der Waals surface area contributed by atoms with Gasteiger partial charge in [-0.15, -0.1) is 0 Å². The number of nitrogens with zero attached hydrogens (tertiary/aromatic N) is 2. The fraction of sp³-hybridized carbons (Fsp3) is 0.364. The average Bonchev–Trinajstić information content (AvgIpc) is 2.29. The summed E-state index contributed by atoms with van der Waals surface area (Å²) in [5.41, 5.74) is 0.902. The highest BCUT2D eigenvalue weighted by Crippen LogP contribution is 2.10. The summed E-state index contributed by atoms with van der Waals surface area (Å²) < 4.78 is 24.7. The van der Waals surface area contributed by atoms with E-state index >= 15 is 0 Å². The Kier molecular flexibility index (Phi) is 4.05. The second-order valence-corrected chi connectivity index (χ2v) is 5.92. The standard InChI is InChI=1S/C11H14N2O2S/c1-10(8-12)16(14,15)13(2)9-11-6-4-3-5-7-11/h3-7,10H,9H2,1-2H3. The van der Waals surface area contributed by atoms with Gasteiger partial charge in [0.2, 0.25) is 10.0 Å². The summed E-state index contributed by atoms with van der Waals surface area (Å²) in [5.74, 6) is 0. The van der Waals surface area contributed by atoms with Crippen LogP contribution >= 0.6 is 0 Å². The molecule has 0 amide bonds. The maximum atomic E-state index is 11.8. The second-order valence-electron chi connectivity index (χ2n) is 3.56. The monoisotopic (exact) mass is 238 g/mol. The summed E-state index contributed by atoms with van der Waals surface area (Å²) in [5, 5.41) is 7.62. The topological polar surface area (TPSA) is 61.2 Å². The van der Waals surface area contributed by atoms with E-state index in [-0.39, 0.29) is 6.54 Å². The summed E-state index contributed by atoms with van der Waals surface area (Å²) in [6.45, 7) is 1.67. The highest BCUT2D eigenvalue weighted by Gasteiger charge is 2.25. The van der Waals surface area contributed by atoms with E-state index < -0.39 is 15.3 Å². The number of hydrogen-bond donors (Lipinski definition) is 0. The zero-order valence-electron chi connectivity index (χ0n) is 9.29. The van der Waals surface area contributed by atoms with Crippen molar-refractivity contribution in [2.45, 2.75) is 18.7 Å². The second kappa shape index (κ2) is 5.10. The van der Waals surface area contributed by atoms with Crippen LogP contribution in [0.4, 0.5) is 0 Å². The molecule has 0 saturated heterocycles. The van der Waals surface area contributed by atoms with Crippen LogP contribution in [0.3, 0.4) is 0 Å². The van der Waals surface area contributed by atoms with Crippen molar-refractivity contribution in [1.82, 2.24) is 4.31 Å². The van der Waals surface area contributed by atoms with Crippen LogP contribution in [0, 0.1) is 11.3 Å². The van der Waals surface area contributed by atoms with E-state index in [9.17, 15) is 8.42 Å². The molecule has 16 heavy (non-hydrogen) atoms. The van der Waals surface area contributed by atoms with Gasteiger partial charge in [0, 0.05) is 13.6 Å². The first-order valence-electron chi connectivity index (χ1n) is 4.87. The molecule has 0 fully saturated rings. The van der Waals surface area contributed by atoms with Crippen molar-refractivity contribution in [3.63, 3.8) is 0 Å². The molecule has 0 N–H and O–H groups in total. The van der Waals surface area contributed by atoms with Gasteiger partial charge in [0.05, 0.1) is 6.07 Å². The van der Waals surface area contributed by atoms with Gasteiger partial charge in [-0.1, -0.05) is 30.3 Å². The summed E-state index contributed by atoms with van der Waals surface area (Å²) >= 11 is 0. The maximum absolute atomic E-state index is 11.8. The molecule has 4 nitrogen and oxygen atoms in total. The minimum Gasteiger partial charge on any atom is -0.211 e. The summed E-state index contributed by atoms with van der Waals surface area (Å²) in [4.78, 5) is 0. The van der Waals surface area contributed by atoms with Crippen molar-refractivity contribution >= 4 is 10.0 Å². The lowest BCUT2D eigenvalue weighted by atomic mass is 10.2. The van der Waals surface area contributed by atoms with Crippen molar-refractivity contribution < 1.29 is 8.42 Å². The molecule has 0 aliphatic carbocycles. The maximum Gasteiger partial charge on any atom is 0.230 e. The predicted molar refractivity (Wildman–Crippen MR) is 61.9 cm³/mol. The molecule has 0 radical (unpaired) electrons. The van der Waals surface area contributed by atoms with Crippen molar-refractivity contribution in [2.75, 3.05) is 7.05 Å². The SMILES string of the molecule is CC(C#N)S(=O)(=O)N(C)Cc1ccccc1. The van der Waals surface area contributed by atoms with Gasteiger partial charge < -0.3 is 0 Å². The van der Waals surface area contributed by atoms with Crippen molar-refractivity contribution in [3.05, 3.63) is 35.9 Å². The van der Waals surface area contributed by atoms with Crippen LogP contribution in [0.2, 0.25) is 0 Å². The Hall–Kier alpha value is -1.38. The van der Waals surface area contributed by atoms with E-state index in [1.165, 1.54) is 18.3 Å². The molecule has 0 bridgehead atoms. The Balaban J connectivity index is 2.82. The smallest absolute Gasteiger partial charge is 0.211 e. The van der Waals surface area contributed by atoms with Crippen LogP contribution in [-0.4, -0.2) is 25.0 Å². The van der Waals surface area contributed by atoms with Crippen LogP contribution in [0.5, 0.6) is 0 Å². The molecule has 0 aromatic heterocycles. The first-order chi connectivity index (χ1) is 7.48. The van der Waals surface area contributed by atoms with Crippen molar-refractivity contribution in [1.29, 1.82) is 5.26 Å². The third-order valence-corrected chi connectivity index (χ3v) is 4.31. The molecular formula is C11H14N2O2S. The zero-order valence-corrected chi connectivity index (χ0v) is 10.1. The molecule has 86 valence electrons. The number of sulfonamides is 1. The van der Waals surface area contributed by atoms with Gasteiger partial charge in [0.25, 0.3) is 0 Å². The molecule has 1 aromatic carbocycles. The van der Waals surface area contributed by atoms with E-state index in [0.29, 0.717) is 0 Å². The van der Waals surface area contributed by atoms with E-state index in [2.05, 4.69) is 0 Å². The summed E-state index contributed by atoms with van der Waals surface area (Å²) in [6.07, 6.45) is 0. The quantitative estimate of drug-likeness (QED) is 0.795. The lowest BCUT2D eigenvalue weighted by molar-refractivity contribution is 0.463. The lowest BCUT2D eigenvalue weighted by Gasteiger charge is -2.18. The number of rotatable bonds is 4. The van der Waals surface area contributed by atoms with Crippen molar-refractivity contribution in [3.8, 4) is 6.07 Å². The average molecular weight is 238 g/mol. The predicted octanol–water partition coefficient (Wildman–Crippen LogP) is 1.36. The first-order valence-corrected chi connectivity index (χ1v) is 6.37. The molecule has 0 spiro atoms. The fourth-order valence-electron chi connectivity index (χ4n) is 1.27. The number of hydrogen-bond acceptors (Lipinski definition) is 3. The molecule has 0 aliphatic rings. The molecule has 1 atom stereocenters. The third kappa shape index (κ3) is 2.81. The Morgan fingerprint density at radius 1 is 1.38 bits per heavy atom. The van der Waals surface area contributed by atoms with E-state index in [0.717, 1.165) is 5.56 Å². The van der Waals surface area contributed by atoms with Crippen LogP contribution in [0.1, 0.15) is 12.5 Å². The minimum absolute atomic E-state index is 0.287. The van der Waals surface area contributed by atoms with Crippen LogP contribution in [-0.2, 0) is 16.6 Å². The molecule has 1 aromatic rings. The van der Waals surface area contributed by atoms with Gasteiger partial charge in [-0.2, -0.15) is 9.57 Å². The Labute approximate surface area is 96.2 Å². The van der Waals surface area contributed by atoms with E-state index in [1.807, 2.05) is 30.3 Å². The summed E-state index contributed by atoms with van der Waals surface area (Å²) in [6, 6.07) is 11.0. The Morgan fingerprint density at radius 2 is 1.94 bits per heavy atom. The van der Waals surface area contributed by atoms with Crippen molar-refractivity contribution in [2.24, 2.45) is 0 Å². The van der Waals surface area contributed by atoms with E-state index in [1.54, 1.807) is 6.07 Å². The molecule has 1 unspecified atom stereocenters. The normalized spacial score (nSPS) is 13.4. The van der Waals surface area contributed by atoms with Gasteiger partial charge in [-0.25, -0.2) is 8.42 Å². The number of benzene rings is 1. The third-order valence-electron chi connectivity index (χ3n) is 2.31. The number of nitriles is 1. The molecule has 0 saturated carbocycles. The Bertz CT molecular complexity index is 476. The van der Waals surface area contributed by atoms with E-state index in [4.69, 9.17) is 5.26 Å². The van der Waals surface area contributed by atoms with Crippen LogP contribution in [0.15, 0.2) is 30.3 Å². The fourth-order valence-corrected chi connectivity index (χ4v) is 2.27. The van der Waals surface area contributed by atoms with Crippen LogP contribution < -0.4 is 0 Å². The van der Waals surface area contributed by atoms with Gasteiger partial charge in [-0.3, -0.25) is 0 Å². The van der Waals surface area contributed by atoms with Crippen LogP contribution in [0.25, 0.3) is 0 Å². The van der Waals surface area contributed by atoms with Gasteiger partial charge >= 0.3 is 0 Å². The first kappa shape index (κ1) is 12.7. The molecule has 5 heteroatoms. The van der Waals surface area contributed by atoms with Gasteiger partial charge in [-0.05, 0) is 12.5 Å². The highest BCUT2D eigenvalue weighted by atomic mass is 32.2. The molecular weight excluding hydrogens is 224 g/mol. The summed E-state index contributed by atoms with van der Waals surface area (Å²) in [7, 11) is -2.03. The Morgan fingerprint density at radius 3 is 2.44 bits per heavy atom. The molecule has 1 rings (SSSR count). The minimum atomic E-state index is -3.52. The lowest BCUT2D eigenvalue weighted by Crippen LogP contribution is -2.33. The van der Waals surface area contributed by atoms with Gasteiger partial charge in [0.15, 0.2) is 5.25 Å². The largest absolute Gasteiger partial charge is 0.230 e. The molecule has 0 aliphatic heterocycles. The highest BCUT2D eigenvalue weighted by molar-refractivity contribution is 7.89. The van der Waals surface area contributed by atoms with Gasteiger partial charge in [0.1, 0.15) is 0 Å². The zero-order chi connectivity index (χ0) is 12.2.